The molecule has 1 unspecified atom stereocenters. The molecule has 2 aliphatic heterocycles. The number of carbonyl (C=O) groups excluding carboxylic acids is 1. The highest BCUT2D eigenvalue weighted by molar-refractivity contribution is 5.73. The fourth-order valence-corrected chi connectivity index (χ4v) is 3.14. The van der Waals surface area contributed by atoms with Crippen molar-refractivity contribution < 1.29 is 28.8 Å². The molecule has 0 bridgehead atoms. The van der Waals surface area contributed by atoms with E-state index >= 15 is 0 Å². The zero-order chi connectivity index (χ0) is 17.8. The summed E-state index contributed by atoms with van der Waals surface area (Å²) in [5, 5.41) is 13.5. The third-order valence-electron chi connectivity index (χ3n) is 4.29. The lowest BCUT2D eigenvalue weighted by atomic mass is 9.95. The first-order valence-corrected chi connectivity index (χ1v) is 8.64. The zero-order valence-corrected chi connectivity index (χ0v) is 14.5. The van der Waals surface area contributed by atoms with Gasteiger partial charge in [-0.25, -0.2) is 0 Å². The van der Waals surface area contributed by atoms with E-state index in [1.165, 1.54) is 6.92 Å². The van der Waals surface area contributed by atoms with Gasteiger partial charge in [0.25, 0.3) is 0 Å². The van der Waals surface area contributed by atoms with Crippen molar-refractivity contribution in [3.8, 4) is 0 Å². The van der Waals surface area contributed by atoms with E-state index in [2.05, 4.69) is 5.32 Å². The number of hydrogen-bond acceptors (Lipinski definition) is 6. The molecule has 0 aromatic heterocycles. The van der Waals surface area contributed by atoms with Crippen molar-refractivity contribution >= 4 is 5.91 Å². The van der Waals surface area contributed by atoms with Crippen molar-refractivity contribution in [2.24, 2.45) is 0 Å². The smallest absolute Gasteiger partial charge is 0.217 e. The summed E-state index contributed by atoms with van der Waals surface area (Å²) in [4.78, 5) is 11.5. The third kappa shape index (κ3) is 4.19. The van der Waals surface area contributed by atoms with Crippen LogP contribution < -0.4 is 5.32 Å². The van der Waals surface area contributed by atoms with E-state index in [1.54, 1.807) is 0 Å². The van der Waals surface area contributed by atoms with E-state index in [1.807, 2.05) is 37.3 Å². The molecule has 2 heterocycles. The van der Waals surface area contributed by atoms with Crippen LogP contribution in [0.2, 0.25) is 0 Å². The summed E-state index contributed by atoms with van der Waals surface area (Å²) in [6, 6.07) is 8.82. The Bertz CT molecular complexity index is 568. The SMILES string of the molecule is CCCO[C@H]1O[C@@H]2COC(c3ccccc3)O[C@H]2[C@H](O)[C@H]1NC(C)=O. The predicted molar refractivity (Wildman–Crippen MR) is 88.5 cm³/mol. The summed E-state index contributed by atoms with van der Waals surface area (Å²) >= 11 is 0. The molecule has 2 saturated heterocycles. The Morgan fingerprint density at radius 3 is 2.76 bits per heavy atom. The summed E-state index contributed by atoms with van der Waals surface area (Å²) in [6.45, 7) is 4.12. The highest BCUT2D eigenvalue weighted by atomic mass is 16.7. The summed E-state index contributed by atoms with van der Waals surface area (Å²) < 4.78 is 23.3. The fourth-order valence-electron chi connectivity index (χ4n) is 3.14. The second-order valence-corrected chi connectivity index (χ2v) is 6.31. The molecule has 6 atom stereocenters. The van der Waals surface area contributed by atoms with Gasteiger partial charge in [-0.05, 0) is 6.42 Å². The van der Waals surface area contributed by atoms with E-state index in [0.29, 0.717) is 6.61 Å². The lowest BCUT2D eigenvalue weighted by molar-refractivity contribution is -0.344. The molecule has 25 heavy (non-hydrogen) atoms. The molecule has 2 N–H and O–H groups in total. The maximum absolute atomic E-state index is 11.5. The van der Waals surface area contributed by atoms with Crippen molar-refractivity contribution in [1.29, 1.82) is 0 Å². The lowest BCUT2D eigenvalue weighted by Crippen LogP contribution is -2.66. The number of aliphatic hydroxyl groups is 1. The Labute approximate surface area is 147 Å². The normalized spacial score (nSPS) is 35.0. The van der Waals surface area contributed by atoms with Gasteiger partial charge in [0.1, 0.15) is 24.4 Å². The van der Waals surface area contributed by atoms with Crippen LogP contribution in [0.25, 0.3) is 0 Å². The van der Waals surface area contributed by atoms with Crippen LogP contribution >= 0.6 is 0 Å². The molecule has 0 saturated carbocycles. The molecule has 1 aromatic carbocycles. The second kappa shape index (κ2) is 8.25. The van der Waals surface area contributed by atoms with Crippen LogP contribution in [0.15, 0.2) is 30.3 Å². The molecule has 1 amide bonds. The molecule has 7 heteroatoms. The minimum Gasteiger partial charge on any atom is -0.388 e. The van der Waals surface area contributed by atoms with E-state index in [4.69, 9.17) is 18.9 Å². The first-order chi connectivity index (χ1) is 12.1. The quantitative estimate of drug-likeness (QED) is 0.827. The number of benzene rings is 1. The average Bonchev–Trinajstić information content (AvgIpc) is 2.63. The summed E-state index contributed by atoms with van der Waals surface area (Å²) in [6.07, 6.45) is -2.54. The van der Waals surface area contributed by atoms with E-state index in [0.717, 1.165) is 12.0 Å². The van der Waals surface area contributed by atoms with Gasteiger partial charge in [0.15, 0.2) is 12.6 Å². The maximum Gasteiger partial charge on any atom is 0.217 e. The Morgan fingerprint density at radius 2 is 2.08 bits per heavy atom. The van der Waals surface area contributed by atoms with Crippen molar-refractivity contribution in [3.63, 3.8) is 0 Å². The molecule has 3 rings (SSSR count). The fraction of sp³-hybridized carbons (Fsp3) is 0.611. The van der Waals surface area contributed by atoms with Gasteiger partial charge in [-0.3, -0.25) is 4.79 Å². The molecule has 2 aliphatic rings. The molecule has 0 radical (unpaired) electrons. The largest absolute Gasteiger partial charge is 0.388 e. The Morgan fingerprint density at radius 1 is 1.32 bits per heavy atom. The number of amides is 1. The second-order valence-electron chi connectivity index (χ2n) is 6.31. The van der Waals surface area contributed by atoms with Crippen LogP contribution in [0.1, 0.15) is 32.1 Å². The number of hydrogen-bond donors (Lipinski definition) is 2. The van der Waals surface area contributed by atoms with Gasteiger partial charge >= 0.3 is 0 Å². The number of carbonyl (C=O) groups is 1. The topological polar surface area (TPSA) is 86.2 Å². The minimum absolute atomic E-state index is 0.261. The number of fused-ring (bicyclic) bond motifs is 1. The number of nitrogens with one attached hydrogen (secondary N) is 1. The molecule has 7 nitrogen and oxygen atoms in total. The lowest BCUT2D eigenvalue weighted by Gasteiger charge is -2.47. The first kappa shape index (κ1) is 18.3. The molecule has 2 fully saturated rings. The van der Waals surface area contributed by atoms with E-state index < -0.39 is 36.9 Å². The highest BCUT2D eigenvalue weighted by Crippen LogP contribution is 2.34. The first-order valence-electron chi connectivity index (χ1n) is 8.64. The van der Waals surface area contributed by atoms with Crippen molar-refractivity contribution in [3.05, 3.63) is 35.9 Å². The van der Waals surface area contributed by atoms with Gasteiger partial charge in [-0.1, -0.05) is 37.3 Å². The van der Waals surface area contributed by atoms with Crippen molar-refractivity contribution in [2.75, 3.05) is 13.2 Å². The Hall–Kier alpha value is -1.51. The monoisotopic (exact) mass is 351 g/mol. The van der Waals surface area contributed by atoms with Gasteiger partial charge < -0.3 is 29.4 Å². The highest BCUT2D eigenvalue weighted by Gasteiger charge is 2.50. The predicted octanol–water partition coefficient (Wildman–Crippen LogP) is 1.12. The maximum atomic E-state index is 11.5. The number of aliphatic hydroxyl groups excluding tert-OH is 1. The minimum atomic E-state index is -0.959. The van der Waals surface area contributed by atoms with Gasteiger partial charge in [0, 0.05) is 19.1 Å². The Balaban J connectivity index is 1.74. The van der Waals surface area contributed by atoms with Crippen molar-refractivity contribution in [2.45, 2.75) is 57.2 Å². The standard InChI is InChI=1S/C18H25NO6/c1-3-9-22-18-14(19-11(2)20)15(21)16-13(24-18)10-23-17(25-16)12-7-5-4-6-8-12/h4-8,13-18,21H,3,9-10H2,1-2H3,(H,19,20)/t13-,14-,15-,16-,17?,18+/m1/s1. The summed E-state index contributed by atoms with van der Waals surface area (Å²) in [5.41, 5.74) is 0.869. The third-order valence-corrected chi connectivity index (χ3v) is 4.29. The van der Waals surface area contributed by atoms with Crippen LogP contribution in [0, 0.1) is 0 Å². The molecule has 0 spiro atoms. The molecular formula is C18H25NO6. The van der Waals surface area contributed by atoms with Crippen LogP contribution in [0.5, 0.6) is 0 Å². The van der Waals surface area contributed by atoms with Crippen LogP contribution in [0.3, 0.4) is 0 Å². The zero-order valence-electron chi connectivity index (χ0n) is 14.5. The Kier molecular flexibility index (Phi) is 6.03. The van der Waals surface area contributed by atoms with E-state index in [-0.39, 0.29) is 12.5 Å². The van der Waals surface area contributed by atoms with Gasteiger partial charge in [-0.2, -0.15) is 0 Å². The van der Waals surface area contributed by atoms with Gasteiger partial charge in [0.2, 0.25) is 5.91 Å². The number of ether oxygens (including phenoxy) is 4. The van der Waals surface area contributed by atoms with Crippen LogP contribution in [-0.2, 0) is 23.7 Å². The molecular weight excluding hydrogens is 326 g/mol. The van der Waals surface area contributed by atoms with Gasteiger partial charge in [0.05, 0.1) is 6.61 Å². The van der Waals surface area contributed by atoms with Crippen LogP contribution in [-0.4, -0.2) is 54.9 Å². The summed E-state index contributed by atoms with van der Waals surface area (Å²) in [7, 11) is 0. The molecule has 138 valence electrons. The van der Waals surface area contributed by atoms with Crippen LogP contribution in [0.4, 0.5) is 0 Å². The van der Waals surface area contributed by atoms with E-state index in [9.17, 15) is 9.90 Å². The number of rotatable bonds is 5. The van der Waals surface area contributed by atoms with Crippen molar-refractivity contribution in [1.82, 2.24) is 5.32 Å². The summed E-state index contributed by atoms with van der Waals surface area (Å²) in [5.74, 6) is -0.261. The molecule has 1 aromatic rings. The van der Waals surface area contributed by atoms with Gasteiger partial charge in [-0.15, -0.1) is 0 Å². The molecule has 0 aliphatic carbocycles. The average molecular weight is 351 g/mol.